The second kappa shape index (κ2) is 10.6. The van der Waals surface area contributed by atoms with E-state index in [-0.39, 0.29) is 51.8 Å². The van der Waals surface area contributed by atoms with Crippen LogP contribution in [0.25, 0.3) is 0 Å². The summed E-state index contributed by atoms with van der Waals surface area (Å²) in [5, 5.41) is 25.3. The van der Waals surface area contributed by atoms with E-state index in [1.165, 1.54) is 33.8 Å². The van der Waals surface area contributed by atoms with Crippen LogP contribution in [0.2, 0.25) is 0 Å². The van der Waals surface area contributed by atoms with E-state index in [0.29, 0.717) is 16.4 Å². The van der Waals surface area contributed by atoms with E-state index in [9.17, 15) is 19.5 Å². The average molecular weight is 478 g/mol. The van der Waals surface area contributed by atoms with Crippen LogP contribution in [-0.4, -0.2) is 96.2 Å². The number of nitrogens with two attached hydrogens (primary N) is 1. The minimum atomic E-state index is -1.21. The summed E-state index contributed by atoms with van der Waals surface area (Å²) in [5.41, 5.74) is 5.13. The molecule has 0 radical (unpaired) electrons. The molecule has 0 unspecified atom stereocenters. The van der Waals surface area contributed by atoms with E-state index in [4.69, 9.17) is 10.9 Å². The molecule has 0 aromatic carbocycles. The first-order valence-electron chi connectivity index (χ1n) is 8.06. The molecule has 3 heterocycles. The number of fused-ring (bicyclic) bond motifs is 1. The number of anilines is 1. The van der Waals surface area contributed by atoms with Gasteiger partial charge in [-0.15, -0.1) is 40.8 Å². The van der Waals surface area contributed by atoms with E-state index in [2.05, 4.69) is 27.3 Å². The van der Waals surface area contributed by atoms with Crippen molar-refractivity contribution in [3.05, 3.63) is 21.7 Å². The predicted octanol–water partition coefficient (Wildman–Crippen LogP) is -0.292. The number of amides is 2. The number of nitrogens with one attached hydrogen (secondary N) is 1. The van der Waals surface area contributed by atoms with E-state index < -0.39 is 29.2 Å². The summed E-state index contributed by atoms with van der Waals surface area (Å²) >= 11 is 3.68. The van der Waals surface area contributed by atoms with E-state index in [0.717, 1.165) is 11.3 Å². The van der Waals surface area contributed by atoms with Gasteiger partial charge in [-0.25, -0.2) is 9.78 Å². The summed E-state index contributed by atoms with van der Waals surface area (Å²) in [5.74, 6) is 3.80. The molecule has 30 heavy (non-hydrogen) atoms. The summed E-state index contributed by atoms with van der Waals surface area (Å²) in [6.07, 6.45) is 0. The van der Waals surface area contributed by atoms with Gasteiger partial charge in [0, 0.05) is 16.0 Å². The zero-order valence-electron chi connectivity index (χ0n) is 14.9. The van der Waals surface area contributed by atoms with Crippen molar-refractivity contribution in [1.29, 1.82) is 0 Å². The number of aromatic nitrogens is 1. The zero-order valence-corrected chi connectivity index (χ0v) is 17.4. The fourth-order valence-corrected chi connectivity index (χ4v) is 5.71. The molecule has 1 fully saturated rings. The molecule has 2 atom stereocenters. The van der Waals surface area contributed by atoms with Gasteiger partial charge in [0.2, 0.25) is 0 Å². The summed E-state index contributed by atoms with van der Waals surface area (Å²) in [6, 6.07) is -0.948. The van der Waals surface area contributed by atoms with Gasteiger partial charge in [0.05, 0.1) is 5.75 Å². The Hall–Kier alpha value is -1.69. The Morgan fingerprint density at radius 1 is 1.53 bits per heavy atom. The monoisotopic (exact) mass is 477 g/mol. The van der Waals surface area contributed by atoms with E-state index in [1.807, 2.05) is 0 Å². The van der Waals surface area contributed by atoms with Crippen LogP contribution in [0.3, 0.4) is 0 Å². The Kier molecular flexibility index (Phi) is 8.65. The molecule has 154 valence electrons. The van der Waals surface area contributed by atoms with Gasteiger partial charge in [0.1, 0.15) is 22.8 Å². The Bertz CT molecular complexity index is 999. The molecule has 0 bridgehead atoms. The number of hydrogen-bond donors (Lipinski definition) is 4. The number of rotatable bonds is 6. The molecule has 14 heteroatoms. The number of oxime groups is 1. The summed E-state index contributed by atoms with van der Waals surface area (Å²) in [4.78, 5) is 42.4. The van der Waals surface area contributed by atoms with Crippen LogP contribution in [0, 0.1) is 11.8 Å². The van der Waals surface area contributed by atoms with Crippen molar-refractivity contribution in [2.75, 3.05) is 17.2 Å². The molecular weight excluding hydrogens is 461 g/mol. The second-order valence-corrected chi connectivity index (χ2v) is 8.74. The Morgan fingerprint density at radius 3 is 2.83 bits per heavy atom. The molecule has 0 spiro atoms. The minimum absolute atomic E-state index is 0. The van der Waals surface area contributed by atoms with Crippen molar-refractivity contribution >= 4 is 93.0 Å². The van der Waals surface area contributed by atoms with Gasteiger partial charge in [-0.3, -0.25) is 14.5 Å². The average Bonchev–Trinajstić information content (AvgIpc) is 3.12. The topological polar surface area (TPSA) is 158 Å². The molecule has 5 N–H and O–H groups in total. The summed E-state index contributed by atoms with van der Waals surface area (Å²) < 4.78 is 0. The number of thioether (sulfide) groups is 2. The van der Waals surface area contributed by atoms with Crippen LogP contribution < -0.4 is 11.1 Å². The third kappa shape index (κ3) is 4.79. The van der Waals surface area contributed by atoms with Crippen LogP contribution in [-0.2, 0) is 14.4 Å². The Balaban J connectivity index is 0.00000320. The number of carboxylic acids is 1. The molecule has 1 aromatic rings. The van der Waals surface area contributed by atoms with Crippen molar-refractivity contribution in [3.63, 3.8) is 0 Å². The molecule has 2 aliphatic heterocycles. The maximum atomic E-state index is 12.6. The number of thiazole rings is 1. The first-order chi connectivity index (χ1) is 13.9. The van der Waals surface area contributed by atoms with Gasteiger partial charge in [-0.1, -0.05) is 11.1 Å². The molecule has 2 amide bonds. The predicted molar refractivity (Wildman–Crippen MR) is 118 cm³/mol. The number of carboxylic acid groups (broad SMARTS) is 1. The number of β-lactam (4-membered cyclic amide) rings is 1. The van der Waals surface area contributed by atoms with Crippen LogP contribution in [0.5, 0.6) is 0 Å². The molecule has 3 rings (SSSR count). The Morgan fingerprint density at radius 2 is 2.27 bits per heavy atom. The summed E-state index contributed by atoms with van der Waals surface area (Å²) in [6.45, 7) is 1.69. The number of hydrogen-bond acceptors (Lipinski definition) is 10. The fourth-order valence-electron chi connectivity index (χ4n) is 2.72. The van der Waals surface area contributed by atoms with Crippen LogP contribution in [0.4, 0.5) is 5.13 Å². The molecule has 1 saturated heterocycles. The van der Waals surface area contributed by atoms with Crippen molar-refractivity contribution in [3.8, 4) is 11.8 Å². The number of nitrogens with zero attached hydrogens (tertiary/aromatic N) is 3. The number of aliphatic carboxylic acids is 1. The van der Waals surface area contributed by atoms with Crippen molar-refractivity contribution in [2.24, 2.45) is 5.16 Å². The van der Waals surface area contributed by atoms with Gasteiger partial charge in [0.15, 0.2) is 10.8 Å². The quantitative estimate of drug-likeness (QED) is 0.108. The van der Waals surface area contributed by atoms with Gasteiger partial charge >= 0.3 is 35.5 Å². The van der Waals surface area contributed by atoms with Crippen LogP contribution in [0.15, 0.2) is 21.1 Å². The second-order valence-electron chi connectivity index (χ2n) is 5.67. The summed E-state index contributed by atoms with van der Waals surface area (Å²) in [7, 11) is 0. The molecule has 0 aliphatic carbocycles. The van der Waals surface area contributed by atoms with Crippen molar-refractivity contribution in [2.45, 2.75) is 18.3 Å². The number of carbonyl (C=O) groups excluding carboxylic acids is 2. The number of nitrogen functional groups attached to an aromatic ring is 1. The van der Waals surface area contributed by atoms with Crippen molar-refractivity contribution in [1.82, 2.24) is 15.2 Å². The first-order valence-corrected chi connectivity index (χ1v) is 11.0. The SMILES string of the molecule is CC#CCSC1=C(C(=O)O)N2C(=O)[C@@H](NC(=O)/C(=N\O)c3csc(N)n3)[C@H]2SC1.[NaH]. The van der Waals surface area contributed by atoms with Crippen LogP contribution in [0.1, 0.15) is 12.6 Å². The van der Waals surface area contributed by atoms with Gasteiger partial charge < -0.3 is 21.4 Å². The third-order valence-corrected chi connectivity index (χ3v) is 7.11. The normalized spacial score (nSPS) is 20.4. The van der Waals surface area contributed by atoms with Gasteiger partial charge in [-0.2, -0.15) is 0 Å². The molecule has 10 nitrogen and oxygen atoms in total. The fraction of sp³-hybridized carbons (Fsp3) is 0.312. The Labute approximate surface area is 206 Å². The standard InChI is InChI=1S/C16H15N5O5S3.Na.H/c1-2-3-4-27-8-6-28-14-10(13(23)21(14)11(8)15(24)25)19-12(22)9(20-26)7-5-29-16(17)18-7;;/h5,10,14,26H,4,6H2,1H3,(H2,17,18)(H,19,22)(H,24,25);;/b20-9-;;/t10-,14-;;/m1../s1. The maximum absolute atomic E-state index is 12.6. The van der Waals surface area contributed by atoms with Crippen LogP contribution >= 0.6 is 34.9 Å². The molecule has 1 aromatic heterocycles. The first kappa shape index (κ1) is 24.6. The molecule has 2 aliphatic rings. The number of carbonyl (C=O) groups is 3. The van der Waals surface area contributed by atoms with Gasteiger partial charge in [-0.05, 0) is 6.92 Å². The zero-order chi connectivity index (χ0) is 21.1. The van der Waals surface area contributed by atoms with E-state index in [1.54, 1.807) is 6.92 Å². The van der Waals surface area contributed by atoms with Gasteiger partial charge in [0.25, 0.3) is 11.8 Å². The third-order valence-electron chi connectivity index (χ3n) is 4.00. The van der Waals surface area contributed by atoms with E-state index >= 15 is 0 Å². The molecule has 0 saturated carbocycles. The van der Waals surface area contributed by atoms with Crippen molar-refractivity contribution < 1.29 is 24.7 Å². The molecular formula is C16H16N5NaO5S3.